The van der Waals surface area contributed by atoms with Crippen LogP contribution in [0.2, 0.25) is 5.02 Å². The summed E-state index contributed by atoms with van der Waals surface area (Å²) in [6.45, 7) is 1.07. The summed E-state index contributed by atoms with van der Waals surface area (Å²) < 4.78 is 11.4. The zero-order valence-corrected chi connectivity index (χ0v) is 12.7. The van der Waals surface area contributed by atoms with Crippen LogP contribution in [0.5, 0.6) is 11.5 Å². The molecule has 0 heterocycles. The second-order valence-corrected chi connectivity index (χ2v) is 5.72. The van der Waals surface area contributed by atoms with Gasteiger partial charge in [-0.25, -0.2) is 0 Å². The van der Waals surface area contributed by atoms with E-state index in [0.29, 0.717) is 18.2 Å². The average Bonchev–Trinajstić information content (AvgIpc) is 2.53. The number of fused-ring (bicyclic) bond motifs is 1. The van der Waals surface area contributed by atoms with E-state index in [1.54, 1.807) is 0 Å². The third-order valence-electron chi connectivity index (χ3n) is 3.75. The SMILES string of the molecule is Clc1ccc(OCCOc2ccc3c(c2)CCCC3)cc1. The molecule has 1 aliphatic rings. The molecule has 0 N–H and O–H groups in total. The van der Waals surface area contributed by atoms with Gasteiger partial charge in [-0.15, -0.1) is 0 Å². The van der Waals surface area contributed by atoms with Crippen molar-refractivity contribution < 1.29 is 9.47 Å². The zero-order valence-electron chi connectivity index (χ0n) is 12.0. The van der Waals surface area contributed by atoms with E-state index in [-0.39, 0.29) is 0 Å². The quantitative estimate of drug-likeness (QED) is 0.747. The molecule has 0 bridgehead atoms. The maximum atomic E-state index is 5.83. The normalized spacial score (nSPS) is 13.6. The van der Waals surface area contributed by atoms with Crippen LogP contribution in [0.1, 0.15) is 24.0 Å². The lowest BCUT2D eigenvalue weighted by Gasteiger charge is -2.16. The van der Waals surface area contributed by atoms with Gasteiger partial charge in [-0.05, 0) is 73.2 Å². The second kappa shape index (κ2) is 6.86. The van der Waals surface area contributed by atoms with Gasteiger partial charge < -0.3 is 9.47 Å². The van der Waals surface area contributed by atoms with Crippen molar-refractivity contribution in [2.45, 2.75) is 25.7 Å². The summed E-state index contributed by atoms with van der Waals surface area (Å²) in [6, 6.07) is 13.8. The lowest BCUT2D eigenvalue weighted by atomic mass is 9.92. The van der Waals surface area contributed by atoms with Crippen molar-refractivity contribution in [2.75, 3.05) is 13.2 Å². The van der Waals surface area contributed by atoms with Crippen molar-refractivity contribution in [3.05, 3.63) is 58.6 Å². The molecule has 3 heteroatoms. The molecule has 0 fully saturated rings. The summed E-state index contributed by atoms with van der Waals surface area (Å²) in [4.78, 5) is 0. The van der Waals surface area contributed by atoms with E-state index in [2.05, 4.69) is 18.2 Å². The Morgan fingerprint density at radius 1 is 0.762 bits per heavy atom. The Hall–Kier alpha value is -1.67. The number of benzene rings is 2. The summed E-state index contributed by atoms with van der Waals surface area (Å²) in [7, 11) is 0. The molecule has 2 aromatic rings. The molecule has 2 aromatic carbocycles. The van der Waals surface area contributed by atoms with E-state index in [4.69, 9.17) is 21.1 Å². The van der Waals surface area contributed by atoms with Gasteiger partial charge in [0.25, 0.3) is 0 Å². The Kier molecular flexibility index (Phi) is 4.66. The number of rotatable bonds is 5. The molecule has 0 unspecified atom stereocenters. The maximum Gasteiger partial charge on any atom is 0.122 e. The Balaban J connectivity index is 1.48. The van der Waals surface area contributed by atoms with Crippen LogP contribution in [-0.4, -0.2) is 13.2 Å². The highest BCUT2D eigenvalue weighted by Gasteiger charge is 2.09. The predicted molar refractivity (Wildman–Crippen MR) is 85.5 cm³/mol. The van der Waals surface area contributed by atoms with Crippen LogP contribution in [0.4, 0.5) is 0 Å². The largest absolute Gasteiger partial charge is 0.490 e. The van der Waals surface area contributed by atoms with Crippen molar-refractivity contribution in [3.8, 4) is 11.5 Å². The first-order valence-corrected chi connectivity index (χ1v) is 7.82. The molecule has 0 radical (unpaired) electrons. The summed E-state index contributed by atoms with van der Waals surface area (Å²) >= 11 is 5.83. The second-order valence-electron chi connectivity index (χ2n) is 5.29. The van der Waals surface area contributed by atoms with E-state index in [0.717, 1.165) is 11.5 Å². The van der Waals surface area contributed by atoms with E-state index < -0.39 is 0 Å². The first kappa shape index (κ1) is 14.3. The molecule has 0 atom stereocenters. The molecule has 2 nitrogen and oxygen atoms in total. The monoisotopic (exact) mass is 302 g/mol. The summed E-state index contributed by atoms with van der Waals surface area (Å²) in [5.41, 5.74) is 2.92. The van der Waals surface area contributed by atoms with Crippen molar-refractivity contribution in [2.24, 2.45) is 0 Å². The molecule has 0 aromatic heterocycles. The first-order valence-electron chi connectivity index (χ1n) is 7.44. The Labute approximate surface area is 130 Å². The molecule has 1 aliphatic carbocycles. The minimum atomic E-state index is 0.527. The van der Waals surface area contributed by atoms with E-state index in [1.807, 2.05) is 24.3 Å². The number of aryl methyl sites for hydroxylation is 2. The van der Waals surface area contributed by atoms with Crippen molar-refractivity contribution in [3.63, 3.8) is 0 Å². The van der Waals surface area contributed by atoms with Gasteiger partial charge in [-0.2, -0.15) is 0 Å². The molecule has 0 amide bonds. The highest BCUT2D eigenvalue weighted by atomic mass is 35.5. The number of hydrogen-bond acceptors (Lipinski definition) is 2. The highest BCUT2D eigenvalue weighted by Crippen LogP contribution is 2.25. The van der Waals surface area contributed by atoms with Crippen molar-refractivity contribution in [1.82, 2.24) is 0 Å². The summed E-state index contributed by atoms with van der Waals surface area (Å²) in [6.07, 6.45) is 4.97. The molecule has 0 aliphatic heterocycles. The third-order valence-corrected chi connectivity index (χ3v) is 4.01. The summed E-state index contributed by atoms with van der Waals surface area (Å²) in [5, 5.41) is 0.715. The third kappa shape index (κ3) is 3.92. The maximum absolute atomic E-state index is 5.83. The highest BCUT2D eigenvalue weighted by molar-refractivity contribution is 6.30. The number of halogens is 1. The average molecular weight is 303 g/mol. The Morgan fingerprint density at radius 3 is 2.14 bits per heavy atom. The van der Waals surface area contributed by atoms with Crippen LogP contribution in [0.25, 0.3) is 0 Å². The van der Waals surface area contributed by atoms with Gasteiger partial charge >= 0.3 is 0 Å². The van der Waals surface area contributed by atoms with Crippen molar-refractivity contribution in [1.29, 1.82) is 0 Å². The fourth-order valence-corrected chi connectivity index (χ4v) is 2.78. The van der Waals surface area contributed by atoms with Crippen LogP contribution in [0.15, 0.2) is 42.5 Å². The molecule has 0 spiro atoms. The topological polar surface area (TPSA) is 18.5 Å². The zero-order chi connectivity index (χ0) is 14.5. The summed E-state index contributed by atoms with van der Waals surface area (Å²) in [5.74, 6) is 1.75. The molecular weight excluding hydrogens is 284 g/mol. The standard InChI is InChI=1S/C18H19ClO2/c19-16-6-9-17(10-7-16)20-11-12-21-18-8-5-14-3-1-2-4-15(14)13-18/h5-10,13H,1-4,11-12H2. The van der Waals surface area contributed by atoms with E-state index in [9.17, 15) is 0 Å². The molecule has 21 heavy (non-hydrogen) atoms. The van der Waals surface area contributed by atoms with Crippen LogP contribution >= 0.6 is 11.6 Å². The first-order chi connectivity index (χ1) is 10.3. The van der Waals surface area contributed by atoms with E-state index >= 15 is 0 Å². The van der Waals surface area contributed by atoms with Gasteiger partial charge in [-0.3, -0.25) is 0 Å². The fraction of sp³-hybridized carbons (Fsp3) is 0.333. The molecule has 0 saturated carbocycles. The lowest BCUT2D eigenvalue weighted by Crippen LogP contribution is -2.10. The van der Waals surface area contributed by atoms with E-state index in [1.165, 1.54) is 36.8 Å². The number of ether oxygens (including phenoxy) is 2. The van der Waals surface area contributed by atoms with Gasteiger partial charge in [-0.1, -0.05) is 17.7 Å². The van der Waals surface area contributed by atoms with Gasteiger partial charge in [0, 0.05) is 5.02 Å². The van der Waals surface area contributed by atoms with Crippen LogP contribution in [0, 0.1) is 0 Å². The van der Waals surface area contributed by atoms with Crippen LogP contribution in [-0.2, 0) is 12.8 Å². The molecule has 0 saturated heterocycles. The van der Waals surface area contributed by atoms with Gasteiger partial charge in [0.1, 0.15) is 24.7 Å². The lowest BCUT2D eigenvalue weighted by molar-refractivity contribution is 0.217. The Bertz CT molecular complexity index is 593. The van der Waals surface area contributed by atoms with Gasteiger partial charge in [0.2, 0.25) is 0 Å². The van der Waals surface area contributed by atoms with Crippen LogP contribution in [0.3, 0.4) is 0 Å². The minimum Gasteiger partial charge on any atom is -0.490 e. The minimum absolute atomic E-state index is 0.527. The molecule has 3 rings (SSSR count). The van der Waals surface area contributed by atoms with Crippen molar-refractivity contribution >= 4 is 11.6 Å². The van der Waals surface area contributed by atoms with Crippen LogP contribution < -0.4 is 9.47 Å². The molecule has 110 valence electrons. The Morgan fingerprint density at radius 2 is 1.38 bits per heavy atom. The smallest absolute Gasteiger partial charge is 0.122 e. The fourth-order valence-electron chi connectivity index (χ4n) is 2.65. The van der Waals surface area contributed by atoms with Gasteiger partial charge in [0.05, 0.1) is 0 Å². The number of hydrogen-bond donors (Lipinski definition) is 0. The predicted octanol–water partition coefficient (Wildman–Crippen LogP) is 4.68. The van der Waals surface area contributed by atoms with Gasteiger partial charge in [0.15, 0.2) is 0 Å². The molecular formula is C18H19ClO2.